The summed E-state index contributed by atoms with van der Waals surface area (Å²) in [6.07, 6.45) is -5.51. The van der Waals surface area contributed by atoms with Gasteiger partial charge in [-0.1, -0.05) is 13.8 Å². The number of hydrogen-bond acceptors (Lipinski definition) is 3. The normalized spacial score (nSPS) is 16.7. The van der Waals surface area contributed by atoms with Crippen molar-refractivity contribution < 1.29 is 27.5 Å². The van der Waals surface area contributed by atoms with Crippen molar-refractivity contribution in [2.45, 2.75) is 20.0 Å². The summed E-state index contributed by atoms with van der Waals surface area (Å²) >= 11 is 0. The maximum Gasteiger partial charge on any atom is 0.422 e. The summed E-state index contributed by atoms with van der Waals surface area (Å²) in [4.78, 5) is 25.8. The molecule has 1 heterocycles. The second-order valence-corrected chi connectivity index (χ2v) is 4.64. The molecule has 2 amide bonds. The zero-order valence-electron chi connectivity index (χ0n) is 10.9. The van der Waals surface area contributed by atoms with Crippen LogP contribution in [0.2, 0.25) is 0 Å². The fourth-order valence-electron chi connectivity index (χ4n) is 1.71. The first kappa shape index (κ1) is 15.6. The van der Waals surface area contributed by atoms with Crippen molar-refractivity contribution in [2.75, 3.05) is 32.8 Å². The van der Waals surface area contributed by atoms with Crippen molar-refractivity contribution in [3.05, 3.63) is 0 Å². The molecule has 0 atom stereocenters. The van der Waals surface area contributed by atoms with Gasteiger partial charge < -0.3 is 14.5 Å². The van der Waals surface area contributed by atoms with Crippen LogP contribution in [0.15, 0.2) is 0 Å². The van der Waals surface area contributed by atoms with Gasteiger partial charge in [0.1, 0.15) is 0 Å². The summed E-state index contributed by atoms with van der Waals surface area (Å²) < 4.78 is 39.8. The number of amides is 2. The third-order valence-corrected chi connectivity index (χ3v) is 2.70. The molecule has 0 aromatic heterocycles. The van der Waals surface area contributed by atoms with E-state index in [9.17, 15) is 22.8 Å². The molecule has 110 valence electrons. The smallest absolute Gasteiger partial charge is 0.422 e. The average Bonchev–Trinajstić information content (AvgIpc) is 2.34. The minimum Gasteiger partial charge on any atom is -0.440 e. The summed E-state index contributed by atoms with van der Waals surface area (Å²) in [6.45, 7) is 2.97. The summed E-state index contributed by atoms with van der Waals surface area (Å²) in [5.41, 5.74) is 0. The van der Waals surface area contributed by atoms with Gasteiger partial charge >= 0.3 is 12.3 Å². The number of hydrogen-bond donors (Lipinski definition) is 0. The molecule has 1 aliphatic heterocycles. The van der Waals surface area contributed by atoms with Crippen LogP contribution in [0.1, 0.15) is 13.8 Å². The van der Waals surface area contributed by atoms with Crippen LogP contribution in [0, 0.1) is 5.92 Å². The van der Waals surface area contributed by atoms with Gasteiger partial charge in [0.25, 0.3) is 0 Å². The Balaban J connectivity index is 2.37. The maximum absolute atomic E-state index is 11.9. The number of alkyl halides is 3. The van der Waals surface area contributed by atoms with Crippen molar-refractivity contribution >= 4 is 12.0 Å². The zero-order valence-corrected chi connectivity index (χ0v) is 10.9. The second-order valence-electron chi connectivity index (χ2n) is 4.64. The average molecular weight is 282 g/mol. The highest BCUT2D eigenvalue weighted by Crippen LogP contribution is 2.15. The predicted molar refractivity (Wildman–Crippen MR) is 60.4 cm³/mol. The van der Waals surface area contributed by atoms with Gasteiger partial charge in [0.15, 0.2) is 6.61 Å². The van der Waals surface area contributed by atoms with Gasteiger partial charge in [-0.3, -0.25) is 4.79 Å². The number of halogens is 3. The predicted octanol–water partition coefficient (Wildman–Crippen LogP) is 1.49. The van der Waals surface area contributed by atoms with E-state index < -0.39 is 18.9 Å². The van der Waals surface area contributed by atoms with Crippen LogP contribution in [0.25, 0.3) is 0 Å². The molecule has 1 saturated heterocycles. The number of ether oxygens (including phenoxy) is 1. The maximum atomic E-state index is 11.9. The fraction of sp³-hybridized carbons (Fsp3) is 0.818. The SMILES string of the molecule is CC(C)C(=O)N1CCN(C(=O)OCC(F)(F)F)CC1. The number of carbonyl (C=O) groups is 2. The van der Waals surface area contributed by atoms with Gasteiger partial charge in [-0.25, -0.2) is 4.79 Å². The molecule has 0 aromatic rings. The number of carbonyl (C=O) groups excluding carboxylic acids is 2. The van der Waals surface area contributed by atoms with Crippen molar-refractivity contribution in [1.29, 1.82) is 0 Å². The van der Waals surface area contributed by atoms with Gasteiger partial charge in [-0.05, 0) is 0 Å². The van der Waals surface area contributed by atoms with Gasteiger partial charge in [0.05, 0.1) is 0 Å². The lowest BCUT2D eigenvalue weighted by molar-refractivity contribution is -0.162. The van der Waals surface area contributed by atoms with Crippen LogP contribution in [-0.4, -0.2) is 60.8 Å². The van der Waals surface area contributed by atoms with Crippen LogP contribution in [0.5, 0.6) is 0 Å². The number of piperazine rings is 1. The van der Waals surface area contributed by atoms with E-state index in [0.717, 1.165) is 0 Å². The quantitative estimate of drug-likeness (QED) is 0.771. The van der Waals surface area contributed by atoms with Crippen LogP contribution < -0.4 is 0 Å². The second kappa shape index (κ2) is 6.12. The highest BCUT2D eigenvalue weighted by atomic mass is 19.4. The van der Waals surface area contributed by atoms with E-state index in [4.69, 9.17) is 0 Å². The highest BCUT2D eigenvalue weighted by molar-refractivity contribution is 5.78. The Morgan fingerprint density at radius 1 is 1.11 bits per heavy atom. The molecule has 0 saturated carbocycles. The van der Waals surface area contributed by atoms with Crippen LogP contribution >= 0.6 is 0 Å². The van der Waals surface area contributed by atoms with Gasteiger partial charge in [0, 0.05) is 32.1 Å². The largest absolute Gasteiger partial charge is 0.440 e. The lowest BCUT2D eigenvalue weighted by Gasteiger charge is -2.35. The molecule has 5 nitrogen and oxygen atoms in total. The van der Waals surface area contributed by atoms with Gasteiger partial charge in [-0.2, -0.15) is 13.2 Å². The lowest BCUT2D eigenvalue weighted by Crippen LogP contribution is -2.51. The molecule has 0 aromatic carbocycles. The first-order valence-electron chi connectivity index (χ1n) is 5.98. The molecule has 1 rings (SSSR count). The number of rotatable bonds is 2. The minimum absolute atomic E-state index is 0.0247. The molecule has 1 aliphatic rings. The molecule has 0 bridgehead atoms. The molecule has 1 fully saturated rings. The molecule has 0 N–H and O–H groups in total. The number of nitrogens with zero attached hydrogens (tertiary/aromatic N) is 2. The van der Waals surface area contributed by atoms with Crippen LogP contribution in [0.3, 0.4) is 0 Å². The first-order chi connectivity index (χ1) is 8.70. The molecule has 19 heavy (non-hydrogen) atoms. The topological polar surface area (TPSA) is 49.9 Å². The van der Waals surface area contributed by atoms with E-state index in [1.165, 1.54) is 4.90 Å². The third-order valence-electron chi connectivity index (χ3n) is 2.70. The van der Waals surface area contributed by atoms with Gasteiger partial charge in [0.2, 0.25) is 5.91 Å². The molecular weight excluding hydrogens is 265 g/mol. The van der Waals surface area contributed by atoms with Crippen molar-refractivity contribution in [2.24, 2.45) is 5.92 Å². The Hall–Kier alpha value is -1.47. The molecule has 0 aliphatic carbocycles. The molecule has 8 heteroatoms. The van der Waals surface area contributed by atoms with Crippen molar-refractivity contribution in [3.63, 3.8) is 0 Å². The zero-order chi connectivity index (χ0) is 14.6. The van der Waals surface area contributed by atoms with Gasteiger partial charge in [-0.15, -0.1) is 0 Å². The van der Waals surface area contributed by atoms with E-state index >= 15 is 0 Å². The van der Waals surface area contributed by atoms with E-state index in [2.05, 4.69) is 4.74 Å². The molecule has 0 radical (unpaired) electrons. The Kier molecular flexibility index (Phi) is 5.02. The Bertz CT molecular complexity index is 337. The van der Waals surface area contributed by atoms with E-state index in [1.807, 2.05) is 0 Å². The molecule has 0 spiro atoms. The van der Waals surface area contributed by atoms with Crippen molar-refractivity contribution in [3.8, 4) is 0 Å². The van der Waals surface area contributed by atoms with E-state index in [1.54, 1.807) is 18.7 Å². The van der Waals surface area contributed by atoms with Crippen LogP contribution in [0.4, 0.5) is 18.0 Å². The third kappa shape index (κ3) is 4.96. The standard InChI is InChI=1S/C11H17F3N2O3/c1-8(2)9(17)15-3-5-16(6-4-15)10(18)19-7-11(12,13)14/h8H,3-7H2,1-2H3. The minimum atomic E-state index is -4.52. The molecular formula is C11H17F3N2O3. The molecule has 0 unspecified atom stereocenters. The lowest BCUT2D eigenvalue weighted by atomic mass is 10.1. The highest BCUT2D eigenvalue weighted by Gasteiger charge is 2.32. The Labute approximate surface area is 109 Å². The Morgan fingerprint density at radius 2 is 1.58 bits per heavy atom. The van der Waals surface area contributed by atoms with E-state index in [-0.39, 0.29) is 24.9 Å². The Morgan fingerprint density at radius 3 is 2.00 bits per heavy atom. The first-order valence-corrected chi connectivity index (χ1v) is 5.98. The summed E-state index contributed by atoms with van der Waals surface area (Å²) in [5.74, 6) is -0.160. The van der Waals surface area contributed by atoms with E-state index in [0.29, 0.717) is 13.1 Å². The fourth-order valence-corrected chi connectivity index (χ4v) is 1.71. The summed E-state index contributed by atoms with van der Waals surface area (Å²) in [7, 11) is 0. The monoisotopic (exact) mass is 282 g/mol. The van der Waals surface area contributed by atoms with Crippen LogP contribution in [-0.2, 0) is 9.53 Å². The summed E-state index contributed by atoms with van der Waals surface area (Å²) in [6, 6.07) is 0. The summed E-state index contributed by atoms with van der Waals surface area (Å²) in [5, 5.41) is 0. The van der Waals surface area contributed by atoms with Crippen molar-refractivity contribution in [1.82, 2.24) is 9.80 Å².